The van der Waals surface area contributed by atoms with E-state index in [1.54, 1.807) is 12.1 Å². The number of nitrogens with zero attached hydrogens (tertiary/aromatic N) is 1. The van der Waals surface area contributed by atoms with Crippen LogP contribution in [0.3, 0.4) is 0 Å². The summed E-state index contributed by atoms with van der Waals surface area (Å²) in [6, 6.07) is 7.12. The quantitative estimate of drug-likeness (QED) is 0.847. The number of hydrogen-bond acceptors (Lipinski definition) is 2. The summed E-state index contributed by atoms with van der Waals surface area (Å²) in [5.41, 5.74) is 1.06. The van der Waals surface area contributed by atoms with Gasteiger partial charge in [-0.3, -0.25) is 0 Å². The Morgan fingerprint density at radius 1 is 1.32 bits per heavy atom. The minimum Gasteiger partial charge on any atom is -0.369 e. The van der Waals surface area contributed by atoms with Crippen LogP contribution in [0, 0.1) is 11.2 Å². The molecular formula is C16H25FN2. The molecule has 1 atom stereocenters. The van der Waals surface area contributed by atoms with E-state index in [9.17, 15) is 4.39 Å². The Morgan fingerprint density at radius 3 is 2.68 bits per heavy atom. The van der Waals surface area contributed by atoms with E-state index >= 15 is 0 Å². The minimum atomic E-state index is -0.109. The molecule has 1 fully saturated rings. The van der Waals surface area contributed by atoms with E-state index in [-0.39, 0.29) is 5.82 Å². The average Bonchev–Trinajstić information content (AvgIpc) is 2.86. The smallest absolute Gasteiger partial charge is 0.146 e. The van der Waals surface area contributed by atoms with E-state index in [0.29, 0.717) is 5.41 Å². The van der Waals surface area contributed by atoms with Crippen LogP contribution in [0.1, 0.15) is 33.1 Å². The van der Waals surface area contributed by atoms with Gasteiger partial charge in [-0.1, -0.05) is 25.5 Å². The molecule has 1 heterocycles. The Morgan fingerprint density at radius 2 is 2.11 bits per heavy atom. The van der Waals surface area contributed by atoms with Crippen molar-refractivity contribution in [1.29, 1.82) is 0 Å². The van der Waals surface area contributed by atoms with Gasteiger partial charge in [0.05, 0.1) is 5.69 Å². The van der Waals surface area contributed by atoms with E-state index in [1.165, 1.54) is 19.3 Å². The molecule has 1 unspecified atom stereocenters. The van der Waals surface area contributed by atoms with Gasteiger partial charge in [-0.2, -0.15) is 0 Å². The summed E-state index contributed by atoms with van der Waals surface area (Å²) in [6.07, 6.45) is 3.60. The molecule has 1 aromatic carbocycles. The number of halogens is 1. The van der Waals surface area contributed by atoms with Gasteiger partial charge in [0.1, 0.15) is 5.82 Å². The van der Waals surface area contributed by atoms with E-state index in [4.69, 9.17) is 0 Å². The molecule has 0 aliphatic carbocycles. The predicted molar refractivity (Wildman–Crippen MR) is 79.1 cm³/mol. The van der Waals surface area contributed by atoms with Crippen LogP contribution in [0.4, 0.5) is 10.1 Å². The van der Waals surface area contributed by atoms with Crippen molar-refractivity contribution in [2.75, 3.05) is 31.1 Å². The maximum Gasteiger partial charge on any atom is 0.146 e. The fourth-order valence-electron chi connectivity index (χ4n) is 3.23. The maximum atomic E-state index is 14.0. The van der Waals surface area contributed by atoms with Crippen molar-refractivity contribution in [2.24, 2.45) is 5.41 Å². The molecule has 1 aromatic rings. The fourth-order valence-corrected chi connectivity index (χ4v) is 3.23. The second kappa shape index (κ2) is 6.38. The molecule has 0 aromatic heterocycles. The fraction of sp³-hybridized carbons (Fsp3) is 0.625. The highest BCUT2D eigenvalue weighted by Crippen LogP contribution is 2.34. The van der Waals surface area contributed by atoms with Crippen molar-refractivity contribution in [1.82, 2.24) is 5.32 Å². The summed E-state index contributed by atoms with van der Waals surface area (Å²) in [6.45, 7) is 8.30. The first-order valence-electron chi connectivity index (χ1n) is 7.41. The van der Waals surface area contributed by atoms with Crippen LogP contribution in [0.2, 0.25) is 0 Å². The third-order valence-electron chi connectivity index (χ3n) is 4.21. The summed E-state index contributed by atoms with van der Waals surface area (Å²) in [5, 5.41) is 3.47. The van der Waals surface area contributed by atoms with Crippen molar-refractivity contribution >= 4 is 5.69 Å². The van der Waals surface area contributed by atoms with Crippen LogP contribution in [0.25, 0.3) is 0 Å². The monoisotopic (exact) mass is 264 g/mol. The number of nitrogens with one attached hydrogen (secondary N) is 1. The first-order valence-corrected chi connectivity index (χ1v) is 7.41. The zero-order chi connectivity index (χ0) is 13.7. The Kier molecular flexibility index (Phi) is 4.81. The molecule has 3 heteroatoms. The zero-order valence-electron chi connectivity index (χ0n) is 12.1. The molecule has 1 saturated heterocycles. The van der Waals surface area contributed by atoms with Gasteiger partial charge in [0.25, 0.3) is 0 Å². The predicted octanol–water partition coefficient (Wildman–Crippen LogP) is 3.43. The molecule has 0 saturated carbocycles. The molecule has 2 nitrogen and oxygen atoms in total. The Hall–Kier alpha value is -1.09. The maximum absolute atomic E-state index is 14.0. The molecule has 19 heavy (non-hydrogen) atoms. The molecule has 0 bridgehead atoms. The molecule has 0 spiro atoms. The normalized spacial score (nSPS) is 22.7. The third-order valence-corrected chi connectivity index (χ3v) is 4.21. The van der Waals surface area contributed by atoms with Crippen LogP contribution in [0.5, 0.6) is 0 Å². The first-order chi connectivity index (χ1) is 9.21. The van der Waals surface area contributed by atoms with Crippen LogP contribution < -0.4 is 10.2 Å². The molecular weight excluding hydrogens is 239 g/mol. The summed E-state index contributed by atoms with van der Waals surface area (Å²) >= 11 is 0. The highest BCUT2D eigenvalue weighted by molar-refractivity contribution is 5.47. The molecule has 0 amide bonds. The van der Waals surface area contributed by atoms with E-state index in [1.807, 2.05) is 12.1 Å². The molecule has 2 rings (SSSR count). The first kappa shape index (κ1) is 14.3. The lowest BCUT2D eigenvalue weighted by Crippen LogP contribution is -2.39. The highest BCUT2D eigenvalue weighted by Gasteiger charge is 2.34. The van der Waals surface area contributed by atoms with Gasteiger partial charge in [-0.25, -0.2) is 4.39 Å². The number of para-hydroxylation sites is 1. The van der Waals surface area contributed by atoms with E-state index < -0.39 is 0 Å². The number of rotatable bonds is 6. The van der Waals surface area contributed by atoms with Gasteiger partial charge in [0, 0.05) is 25.0 Å². The number of benzene rings is 1. The Balaban J connectivity index is 2.16. The minimum absolute atomic E-state index is 0.109. The lowest BCUT2D eigenvalue weighted by atomic mass is 9.82. The molecule has 0 radical (unpaired) electrons. The van der Waals surface area contributed by atoms with Gasteiger partial charge in [0.2, 0.25) is 0 Å². The third kappa shape index (κ3) is 3.27. The van der Waals surface area contributed by atoms with Crippen molar-refractivity contribution in [3.8, 4) is 0 Å². The van der Waals surface area contributed by atoms with Crippen molar-refractivity contribution in [3.63, 3.8) is 0 Å². The lowest BCUT2D eigenvalue weighted by Gasteiger charge is -2.35. The second-order valence-corrected chi connectivity index (χ2v) is 5.64. The largest absolute Gasteiger partial charge is 0.369 e. The SMILES string of the molecule is CCCC1(CN(CC)c2ccccc2F)CCNC1. The molecule has 1 N–H and O–H groups in total. The standard InChI is InChI=1S/C16H25FN2/c1-3-9-16(10-11-18-12-16)13-19(4-2)15-8-6-5-7-14(15)17/h5-8,18H,3-4,9-13H2,1-2H3. The summed E-state index contributed by atoms with van der Waals surface area (Å²) in [7, 11) is 0. The van der Waals surface area contributed by atoms with Gasteiger partial charge in [0.15, 0.2) is 0 Å². The van der Waals surface area contributed by atoms with Crippen LogP contribution >= 0.6 is 0 Å². The summed E-state index contributed by atoms with van der Waals surface area (Å²) in [5.74, 6) is -0.109. The van der Waals surface area contributed by atoms with Gasteiger partial charge < -0.3 is 10.2 Å². The number of anilines is 1. The van der Waals surface area contributed by atoms with Crippen LogP contribution in [-0.2, 0) is 0 Å². The van der Waals surface area contributed by atoms with Crippen molar-refractivity contribution < 1.29 is 4.39 Å². The van der Waals surface area contributed by atoms with Gasteiger partial charge in [-0.15, -0.1) is 0 Å². The van der Waals surface area contributed by atoms with Gasteiger partial charge in [-0.05, 0) is 38.4 Å². The molecule has 1 aliphatic rings. The topological polar surface area (TPSA) is 15.3 Å². The second-order valence-electron chi connectivity index (χ2n) is 5.64. The van der Waals surface area contributed by atoms with Crippen LogP contribution in [0.15, 0.2) is 24.3 Å². The van der Waals surface area contributed by atoms with E-state index in [0.717, 1.165) is 31.9 Å². The van der Waals surface area contributed by atoms with E-state index in [2.05, 4.69) is 24.1 Å². The molecule has 106 valence electrons. The highest BCUT2D eigenvalue weighted by atomic mass is 19.1. The lowest BCUT2D eigenvalue weighted by molar-refractivity contribution is 0.295. The Labute approximate surface area is 116 Å². The number of hydrogen-bond donors (Lipinski definition) is 1. The van der Waals surface area contributed by atoms with Crippen LogP contribution in [-0.4, -0.2) is 26.2 Å². The van der Waals surface area contributed by atoms with Gasteiger partial charge >= 0.3 is 0 Å². The van der Waals surface area contributed by atoms with Crippen molar-refractivity contribution in [2.45, 2.75) is 33.1 Å². The average molecular weight is 264 g/mol. The van der Waals surface area contributed by atoms with Crippen molar-refractivity contribution in [3.05, 3.63) is 30.1 Å². The zero-order valence-corrected chi connectivity index (χ0v) is 12.1. The molecule has 1 aliphatic heterocycles. The summed E-state index contributed by atoms with van der Waals surface area (Å²) < 4.78 is 14.0. The Bertz CT molecular complexity index is 399. The summed E-state index contributed by atoms with van der Waals surface area (Å²) in [4.78, 5) is 2.19.